The lowest BCUT2D eigenvalue weighted by molar-refractivity contribution is -0.132. The number of hydrogen-bond acceptors (Lipinski definition) is 4. The molecule has 20 heavy (non-hydrogen) atoms. The fourth-order valence-electron chi connectivity index (χ4n) is 2.19. The molecule has 0 spiro atoms. The van der Waals surface area contributed by atoms with Crippen molar-refractivity contribution in [2.24, 2.45) is 5.92 Å². The molecule has 2 rings (SSSR count). The number of carbonyl (C=O) groups is 2. The van der Waals surface area contributed by atoms with Gasteiger partial charge in [0, 0.05) is 13.5 Å². The summed E-state index contributed by atoms with van der Waals surface area (Å²) in [7, 11) is 0. The normalized spacial score (nSPS) is 18.7. The van der Waals surface area contributed by atoms with Crippen LogP contribution >= 0.6 is 11.8 Å². The molecule has 1 unspecified atom stereocenters. The van der Waals surface area contributed by atoms with Crippen molar-refractivity contribution in [2.45, 2.75) is 26.1 Å². The lowest BCUT2D eigenvalue weighted by atomic mass is 10.1. The molecule has 1 atom stereocenters. The molecule has 1 aliphatic heterocycles. The van der Waals surface area contributed by atoms with Gasteiger partial charge in [-0.2, -0.15) is 0 Å². The number of amides is 1. The van der Waals surface area contributed by atoms with Gasteiger partial charge in [0.25, 0.3) is 0 Å². The maximum absolute atomic E-state index is 11.9. The van der Waals surface area contributed by atoms with Crippen molar-refractivity contribution in [1.82, 2.24) is 4.90 Å². The summed E-state index contributed by atoms with van der Waals surface area (Å²) in [4.78, 5) is 24.8. The summed E-state index contributed by atoms with van der Waals surface area (Å²) >= 11 is 1.64. The van der Waals surface area contributed by atoms with Crippen LogP contribution in [0.1, 0.15) is 31.7 Å². The number of rotatable bonds is 4. The van der Waals surface area contributed by atoms with E-state index in [1.54, 1.807) is 23.9 Å². The van der Waals surface area contributed by atoms with E-state index < -0.39 is 0 Å². The molecule has 1 fully saturated rings. The first-order chi connectivity index (χ1) is 9.47. The van der Waals surface area contributed by atoms with Gasteiger partial charge in [-0.15, -0.1) is 11.8 Å². The molecule has 0 saturated carbocycles. The summed E-state index contributed by atoms with van der Waals surface area (Å²) < 4.78 is 5.02. The number of carbonyl (C=O) groups excluding carboxylic acids is 2. The van der Waals surface area contributed by atoms with Crippen molar-refractivity contribution in [3.05, 3.63) is 29.8 Å². The maximum atomic E-state index is 11.9. The van der Waals surface area contributed by atoms with Gasteiger partial charge in [-0.1, -0.05) is 26.0 Å². The van der Waals surface area contributed by atoms with Crippen molar-refractivity contribution in [1.29, 1.82) is 0 Å². The third-order valence-corrected chi connectivity index (χ3v) is 4.21. The Morgan fingerprint density at radius 2 is 2.05 bits per heavy atom. The van der Waals surface area contributed by atoms with Crippen LogP contribution in [0.4, 0.5) is 0 Å². The summed E-state index contributed by atoms with van der Waals surface area (Å²) in [6.07, 6.45) is 0. The number of ether oxygens (including phenoxy) is 1. The molecule has 4 nitrogen and oxygen atoms in total. The highest BCUT2D eigenvalue weighted by Gasteiger charge is 2.32. The van der Waals surface area contributed by atoms with Crippen LogP contribution in [0.3, 0.4) is 0 Å². The number of thioether (sulfide) groups is 1. The highest BCUT2D eigenvalue weighted by molar-refractivity contribution is 8.00. The van der Waals surface area contributed by atoms with Gasteiger partial charge >= 0.3 is 5.97 Å². The van der Waals surface area contributed by atoms with E-state index >= 15 is 0 Å². The molecule has 1 aliphatic rings. The molecular formula is C15H19NO3S. The highest BCUT2D eigenvalue weighted by atomic mass is 32.2. The third-order valence-electron chi connectivity index (χ3n) is 2.96. The van der Waals surface area contributed by atoms with Crippen LogP contribution in [0, 0.1) is 5.92 Å². The van der Waals surface area contributed by atoms with Gasteiger partial charge in [-0.25, -0.2) is 0 Å². The molecule has 0 aromatic heterocycles. The zero-order valence-corrected chi connectivity index (χ0v) is 12.8. The first-order valence-electron chi connectivity index (χ1n) is 6.67. The molecular weight excluding hydrogens is 274 g/mol. The average molecular weight is 293 g/mol. The van der Waals surface area contributed by atoms with Crippen molar-refractivity contribution >= 4 is 23.6 Å². The third kappa shape index (κ3) is 3.54. The zero-order valence-electron chi connectivity index (χ0n) is 12.0. The number of esters is 1. The average Bonchev–Trinajstić information content (AvgIpc) is 2.71. The van der Waals surface area contributed by atoms with E-state index in [-0.39, 0.29) is 17.3 Å². The lowest BCUT2D eigenvalue weighted by Gasteiger charge is -2.26. The summed E-state index contributed by atoms with van der Waals surface area (Å²) in [5, 5.41) is 0.0660. The van der Waals surface area contributed by atoms with E-state index in [2.05, 4.69) is 13.8 Å². The van der Waals surface area contributed by atoms with E-state index in [1.165, 1.54) is 6.92 Å². The molecule has 5 heteroatoms. The number of hydrogen-bond donors (Lipinski definition) is 0. The Labute approximate surface area is 123 Å². The van der Waals surface area contributed by atoms with Crippen molar-refractivity contribution in [3.63, 3.8) is 0 Å². The first kappa shape index (κ1) is 14.9. The minimum atomic E-state index is -0.329. The largest absolute Gasteiger partial charge is 0.427 e. The first-order valence-corrected chi connectivity index (χ1v) is 7.71. The summed E-state index contributed by atoms with van der Waals surface area (Å²) in [5.41, 5.74) is 1.07. The fourth-order valence-corrected chi connectivity index (χ4v) is 3.39. The van der Waals surface area contributed by atoms with Crippen LogP contribution in [0.5, 0.6) is 5.75 Å². The molecule has 108 valence electrons. The molecule has 1 aromatic rings. The van der Waals surface area contributed by atoms with E-state index in [4.69, 9.17) is 4.74 Å². The van der Waals surface area contributed by atoms with Crippen LogP contribution in [0.15, 0.2) is 24.3 Å². The Balaban J connectivity index is 2.13. The van der Waals surface area contributed by atoms with Gasteiger partial charge in [0.15, 0.2) is 0 Å². The predicted octanol–water partition coefficient (Wildman–Crippen LogP) is 2.84. The van der Waals surface area contributed by atoms with Gasteiger partial charge in [-0.3, -0.25) is 9.59 Å². The molecule has 0 N–H and O–H groups in total. The topological polar surface area (TPSA) is 46.6 Å². The molecule has 0 aliphatic carbocycles. The number of nitrogens with zero attached hydrogens (tertiary/aromatic N) is 1. The van der Waals surface area contributed by atoms with Gasteiger partial charge in [0.05, 0.1) is 5.75 Å². The molecule has 0 radical (unpaired) electrons. The van der Waals surface area contributed by atoms with Crippen LogP contribution in [-0.4, -0.2) is 29.1 Å². The summed E-state index contributed by atoms with van der Waals surface area (Å²) in [6, 6.07) is 7.38. The Hall–Kier alpha value is -1.49. The second-order valence-electron chi connectivity index (χ2n) is 5.27. The van der Waals surface area contributed by atoms with E-state index in [9.17, 15) is 9.59 Å². The molecule has 0 bridgehead atoms. The summed E-state index contributed by atoms with van der Waals surface area (Å²) in [6.45, 7) is 6.36. The van der Waals surface area contributed by atoms with E-state index in [0.717, 1.165) is 12.1 Å². The van der Waals surface area contributed by atoms with E-state index in [0.29, 0.717) is 17.4 Å². The van der Waals surface area contributed by atoms with Crippen LogP contribution in [0.2, 0.25) is 0 Å². The van der Waals surface area contributed by atoms with E-state index in [1.807, 2.05) is 17.0 Å². The Kier molecular flexibility index (Phi) is 4.70. The van der Waals surface area contributed by atoms with Gasteiger partial charge in [0.2, 0.25) is 5.91 Å². The van der Waals surface area contributed by atoms with Gasteiger partial charge in [0.1, 0.15) is 11.1 Å². The monoisotopic (exact) mass is 293 g/mol. The lowest BCUT2D eigenvalue weighted by Crippen LogP contribution is -2.31. The van der Waals surface area contributed by atoms with Crippen molar-refractivity contribution in [3.8, 4) is 5.75 Å². The number of benzene rings is 1. The molecule has 1 heterocycles. The standard InChI is InChI=1S/C15H19NO3S/c1-10(2)8-16-14(18)9-20-15(16)12-4-6-13(7-5-12)19-11(3)17/h4-7,10,15H,8-9H2,1-3H3. The van der Waals surface area contributed by atoms with Crippen LogP contribution in [-0.2, 0) is 9.59 Å². The molecule has 1 aromatic carbocycles. The fraction of sp³-hybridized carbons (Fsp3) is 0.467. The second-order valence-corrected chi connectivity index (χ2v) is 6.33. The Morgan fingerprint density at radius 1 is 1.40 bits per heavy atom. The predicted molar refractivity (Wildman–Crippen MR) is 79.5 cm³/mol. The van der Waals surface area contributed by atoms with Gasteiger partial charge in [-0.05, 0) is 23.6 Å². The Morgan fingerprint density at radius 3 is 2.60 bits per heavy atom. The SMILES string of the molecule is CC(=O)Oc1ccc(C2SCC(=O)N2CC(C)C)cc1. The Bertz CT molecular complexity index is 498. The van der Waals surface area contributed by atoms with Crippen molar-refractivity contribution < 1.29 is 14.3 Å². The maximum Gasteiger partial charge on any atom is 0.308 e. The minimum Gasteiger partial charge on any atom is -0.427 e. The second kappa shape index (κ2) is 6.31. The molecule has 1 amide bonds. The smallest absolute Gasteiger partial charge is 0.308 e. The highest BCUT2D eigenvalue weighted by Crippen LogP contribution is 2.39. The van der Waals surface area contributed by atoms with Crippen LogP contribution in [0.25, 0.3) is 0 Å². The zero-order chi connectivity index (χ0) is 14.7. The minimum absolute atomic E-state index is 0.0660. The summed E-state index contributed by atoms with van der Waals surface area (Å²) in [5.74, 6) is 1.37. The quantitative estimate of drug-likeness (QED) is 0.632. The van der Waals surface area contributed by atoms with Crippen molar-refractivity contribution in [2.75, 3.05) is 12.3 Å². The van der Waals surface area contributed by atoms with Crippen LogP contribution < -0.4 is 4.74 Å². The molecule has 1 saturated heterocycles. The van der Waals surface area contributed by atoms with Gasteiger partial charge < -0.3 is 9.64 Å².